The van der Waals surface area contributed by atoms with E-state index < -0.39 is 0 Å². The number of likely N-dealkylation sites (tertiary alicyclic amines) is 1. The molecule has 1 aromatic heterocycles. The molecule has 1 aliphatic heterocycles. The van der Waals surface area contributed by atoms with Crippen LogP contribution in [0.15, 0.2) is 6.33 Å². The number of piperidine rings is 1. The molecule has 1 saturated heterocycles. The lowest BCUT2D eigenvalue weighted by Crippen LogP contribution is -2.35. The first-order valence-electron chi connectivity index (χ1n) is 6.94. The van der Waals surface area contributed by atoms with E-state index in [4.69, 9.17) is 4.74 Å². The summed E-state index contributed by atoms with van der Waals surface area (Å²) in [6.45, 7) is 5.08. The van der Waals surface area contributed by atoms with Gasteiger partial charge in [-0.15, -0.1) is 0 Å². The highest BCUT2D eigenvalue weighted by molar-refractivity contribution is 5.76. The lowest BCUT2D eigenvalue weighted by Gasteiger charge is -2.32. The van der Waals surface area contributed by atoms with Gasteiger partial charge < -0.3 is 9.72 Å². The van der Waals surface area contributed by atoms with Crippen molar-refractivity contribution in [2.24, 2.45) is 11.3 Å². The van der Waals surface area contributed by atoms with Gasteiger partial charge in [-0.3, -0.25) is 9.69 Å². The Morgan fingerprint density at radius 3 is 2.89 bits per heavy atom. The Morgan fingerprint density at radius 1 is 1.58 bits per heavy atom. The largest absolute Gasteiger partial charge is 0.469 e. The second-order valence-electron chi connectivity index (χ2n) is 5.89. The average molecular weight is 263 g/mol. The molecule has 1 saturated carbocycles. The Labute approximate surface area is 113 Å². The maximum absolute atomic E-state index is 11.6. The molecular formula is C14H21N3O2. The van der Waals surface area contributed by atoms with Crippen molar-refractivity contribution >= 4 is 5.97 Å². The Morgan fingerprint density at radius 2 is 2.32 bits per heavy atom. The summed E-state index contributed by atoms with van der Waals surface area (Å²) in [6, 6.07) is 0. The molecule has 2 aliphatic rings. The third kappa shape index (κ3) is 2.27. The maximum atomic E-state index is 11.6. The second kappa shape index (κ2) is 4.63. The number of nitrogens with zero attached hydrogens (tertiary/aromatic N) is 2. The fourth-order valence-corrected chi connectivity index (χ4v) is 3.29. The van der Waals surface area contributed by atoms with Crippen molar-refractivity contribution in [1.82, 2.24) is 14.9 Å². The van der Waals surface area contributed by atoms with Gasteiger partial charge in [0, 0.05) is 12.2 Å². The summed E-state index contributed by atoms with van der Waals surface area (Å²) < 4.78 is 4.86. The molecule has 1 aliphatic carbocycles. The molecule has 0 aromatic carbocycles. The van der Waals surface area contributed by atoms with Crippen LogP contribution in [0.4, 0.5) is 0 Å². The van der Waals surface area contributed by atoms with E-state index in [9.17, 15) is 4.79 Å². The average Bonchev–Trinajstić information content (AvgIpc) is 2.98. The summed E-state index contributed by atoms with van der Waals surface area (Å²) >= 11 is 0. The minimum Gasteiger partial charge on any atom is -0.469 e. The lowest BCUT2D eigenvalue weighted by molar-refractivity contribution is -0.143. The van der Waals surface area contributed by atoms with Gasteiger partial charge in [-0.05, 0) is 44.7 Å². The van der Waals surface area contributed by atoms with Crippen LogP contribution in [-0.4, -0.2) is 41.0 Å². The minimum atomic E-state index is -0.0170. The number of ether oxygens (including phenoxy) is 1. The number of carbonyl (C=O) groups is 1. The van der Waals surface area contributed by atoms with Crippen molar-refractivity contribution < 1.29 is 9.53 Å². The number of nitrogens with one attached hydrogen (secondary N) is 1. The highest BCUT2D eigenvalue weighted by Gasteiger charge is 2.59. The number of methoxy groups -OCH3 is 1. The van der Waals surface area contributed by atoms with Crippen molar-refractivity contribution in [1.29, 1.82) is 0 Å². The zero-order valence-electron chi connectivity index (χ0n) is 11.6. The minimum absolute atomic E-state index is 0.0170. The van der Waals surface area contributed by atoms with Crippen molar-refractivity contribution in [2.45, 2.75) is 32.7 Å². The highest BCUT2D eigenvalue weighted by atomic mass is 16.5. The van der Waals surface area contributed by atoms with E-state index in [1.807, 2.05) is 0 Å². The van der Waals surface area contributed by atoms with E-state index in [1.165, 1.54) is 7.11 Å². The molecule has 0 amide bonds. The van der Waals surface area contributed by atoms with E-state index in [2.05, 4.69) is 21.8 Å². The quantitative estimate of drug-likeness (QED) is 0.839. The number of H-pyrrole nitrogens is 1. The number of imidazole rings is 1. The topological polar surface area (TPSA) is 58.2 Å². The van der Waals surface area contributed by atoms with Crippen molar-refractivity contribution in [2.75, 3.05) is 20.2 Å². The first kappa shape index (κ1) is 12.7. The number of hydrogen-bond donors (Lipinski definition) is 1. The van der Waals surface area contributed by atoms with Gasteiger partial charge in [-0.1, -0.05) is 0 Å². The molecule has 1 unspecified atom stereocenters. The number of aromatic nitrogens is 2. The van der Waals surface area contributed by atoms with E-state index in [1.54, 1.807) is 6.33 Å². The molecule has 2 heterocycles. The zero-order chi connectivity index (χ0) is 13.5. The van der Waals surface area contributed by atoms with E-state index in [-0.39, 0.29) is 17.3 Å². The van der Waals surface area contributed by atoms with Crippen LogP contribution < -0.4 is 0 Å². The molecule has 2 fully saturated rings. The van der Waals surface area contributed by atoms with Crippen LogP contribution in [-0.2, 0) is 16.1 Å². The summed E-state index contributed by atoms with van der Waals surface area (Å²) in [4.78, 5) is 21.5. The Hall–Kier alpha value is -1.36. The van der Waals surface area contributed by atoms with Gasteiger partial charge in [0.2, 0.25) is 0 Å². The van der Waals surface area contributed by atoms with Crippen LogP contribution in [0.5, 0.6) is 0 Å². The first-order chi connectivity index (χ1) is 9.14. The van der Waals surface area contributed by atoms with Crippen LogP contribution in [0, 0.1) is 18.3 Å². The molecule has 104 valence electrons. The molecule has 1 aromatic rings. The number of esters is 1. The molecule has 0 bridgehead atoms. The highest BCUT2D eigenvalue weighted by Crippen LogP contribution is 2.59. The van der Waals surface area contributed by atoms with Gasteiger partial charge in [0.05, 0.1) is 25.0 Å². The molecule has 5 heteroatoms. The molecule has 1 N–H and O–H groups in total. The summed E-state index contributed by atoms with van der Waals surface area (Å²) in [5.41, 5.74) is 2.54. The lowest BCUT2D eigenvalue weighted by atomic mass is 9.90. The number of hydrogen-bond acceptors (Lipinski definition) is 4. The van der Waals surface area contributed by atoms with Crippen molar-refractivity contribution in [3.63, 3.8) is 0 Å². The summed E-state index contributed by atoms with van der Waals surface area (Å²) in [5, 5.41) is 0. The summed E-state index contributed by atoms with van der Waals surface area (Å²) in [6.07, 6.45) is 4.99. The summed E-state index contributed by atoms with van der Waals surface area (Å²) in [7, 11) is 1.49. The van der Waals surface area contributed by atoms with Gasteiger partial charge in [0.25, 0.3) is 0 Å². The van der Waals surface area contributed by atoms with Gasteiger partial charge in [-0.2, -0.15) is 0 Å². The normalized spacial score (nSPS) is 25.5. The fraction of sp³-hybridized carbons (Fsp3) is 0.714. The molecule has 3 rings (SSSR count). The van der Waals surface area contributed by atoms with Crippen LogP contribution in [0.1, 0.15) is 30.7 Å². The van der Waals surface area contributed by atoms with E-state index in [0.29, 0.717) is 0 Å². The number of aromatic amines is 1. The standard InChI is InChI=1S/C14H21N3O2/c1-10-12(16-9-15-10)8-17-5-3-14(4-6-17)7-11(14)13(18)19-2/h9,11H,3-8H2,1-2H3,(H,15,16). The fourth-order valence-electron chi connectivity index (χ4n) is 3.29. The van der Waals surface area contributed by atoms with Crippen molar-refractivity contribution in [3.05, 3.63) is 17.7 Å². The van der Waals surface area contributed by atoms with Crippen LogP contribution in [0.3, 0.4) is 0 Å². The molecule has 1 atom stereocenters. The third-order valence-electron chi connectivity index (χ3n) is 4.83. The number of aryl methyl sites for hydroxylation is 1. The van der Waals surface area contributed by atoms with E-state index in [0.717, 1.165) is 50.3 Å². The monoisotopic (exact) mass is 263 g/mol. The van der Waals surface area contributed by atoms with Crippen LogP contribution >= 0.6 is 0 Å². The molecule has 5 nitrogen and oxygen atoms in total. The molecule has 19 heavy (non-hydrogen) atoms. The second-order valence-corrected chi connectivity index (χ2v) is 5.89. The molecule has 1 spiro atoms. The Balaban J connectivity index is 1.54. The third-order valence-corrected chi connectivity index (χ3v) is 4.83. The predicted molar refractivity (Wildman–Crippen MR) is 70.4 cm³/mol. The van der Waals surface area contributed by atoms with Gasteiger partial charge in [0.1, 0.15) is 0 Å². The Bertz CT molecular complexity index is 475. The van der Waals surface area contributed by atoms with E-state index >= 15 is 0 Å². The predicted octanol–water partition coefficient (Wildman–Crippen LogP) is 1.49. The smallest absolute Gasteiger partial charge is 0.309 e. The number of rotatable bonds is 3. The number of carbonyl (C=O) groups excluding carboxylic acids is 1. The zero-order valence-corrected chi connectivity index (χ0v) is 11.6. The Kier molecular flexibility index (Phi) is 3.09. The van der Waals surface area contributed by atoms with Gasteiger partial charge in [0.15, 0.2) is 0 Å². The molecule has 0 radical (unpaired) electrons. The molecular weight excluding hydrogens is 242 g/mol. The maximum Gasteiger partial charge on any atom is 0.309 e. The first-order valence-corrected chi connectivity index (χ1v) is 6.94. The van der Waals surface area contributed by atoms with Gasteiger partial charge in [-0.25, -0.2) is 4.98 Å². The van der Waals surface area contributed by atoms with Crippen LogP contribution in [0.25, 0.3) is 0 Å². The summed E-state index contributed by atoms with van der Waals surface area (Å²) in [5.74, 6) is 0.142. The van der Waals surface area contributed by atoms with Gasteiger partial charge >= 0.3 is 5.97 Å². The SMILES string of the molecule is COC(=O)C1CC12CCN(Cc1nc[nH]c1C)CC2. The van der Waals surface area contributed by atoms with Crippen LogP contribution in [0.2, 0.25) is 0 Å². The van der Waals surface area contributed by atoms with Crippen molar-refractivity contribution in [3.8, 4) is 0 Å².